The van der Waals surface area contributed by atoms with E-state index in [0.29, 0.717) is 12.0 Å². The van der Waals surface area contributed by atoms with E-state index >= 15 is 0 Å². The van der Waals surface area contributed by atoms with Crippen LogP contribution >= 0.6 is 11.8 Å². The number of aromatic amines is 1. The molecule has 2 aromatic rings. The lowest BCUT2D eigenvalue weighted by Gasteiger charge is -2.15. The Kier molecular flexibility index (Phi) is 5.23. The summed E-state index contributed by atoms with van der Waals surface area (Å²) in [5.74, 6) is 0.817. The highest BCUT2D eigenvalue weighted by Crippen LogP contribution is 2.36. The zero-order valence-electron chi connectivity index (χ0n) is 13.3. The zero-order chi connectivity index (χ0) is 17.1. The van der Waals surface area contributed by atoms with Crippen LogP contribution in [0.25, 0.3) is 0 Å². The van der Waals surface area contributed by atoms with Crippen LogP contribution in [0.15, 0.2) is 46.1 Å². The van der Waals surface area contributed by atoms with Gasteiger partial charge in [-0.05, 0) is 12.5 Å². The molecule has 24 heavy (non-hydrogen) atoms. The number of nitrogens with zero attached hydrogens (tertiary/aromatic N) is 1. The third-order valence-electron chi connectivity index (χ3n) is 4.12. The number of benzene rings is 1. The molecule has 3 rings (SSSR count). The van der Waals surface area contributed by atoms with Crippen molar-refractivity contribution in [3.8, 4) is 0 Å². The maximum atomic E-state index is 12.0. The first-order chi connectivity index (χ1) is 11.6. The quantitative estimate of drug-likeness (QED) is 0.854. The van der Waals surface area contributed by atoms with Crippen molar-refractivity contribution >= 4 is 11.8 Å². The lowest BCUT2D eigenvalue weighted by Crippen LogP contribution is -2.33. The normalized spacial score (nSPS) is 23.5. The first-order valence-electron chi connectivity index (χ1n) is 7.82. The van der Waals surface area contributed by atoms with Gasteiger partial charge in [-0.2, -0.15) is 11.8 Å². The lowest BCUT2D eigenvalue weighted by atomic mass is 10.2. The Balaban J connectivity index is 1.73. The second-order valence-electron chi connectivity index (χ2n) is 5.86. The van der Waals surface area contributed by atoms with Crippen molar-refractivity contribution in [1.82, 2.24) is 9.55 Å². The molecule has 1 aromatic heterocycles. The Bertz CT molecular complexity index is 802. The van der Waals surface area contributed by atoms with E-state index in [1.165, 1.54) is 16.3 Å². The van der Waals surface area contributed by atoms with E-state index in [-0.39, 0.29) is 23.5 Å². The molecule has 0 bridgehead atoms. The fourth-order valence-electron chi connectivity index (χ4n) is 2.79. The number of H-pyrrole nitrogens is 1. The van der Waals surface area contributed by atoms with Crippen molar-refractivity contribution < 1.29 is 9.84 Å². The van der Waals surface area contributed by atoms with Crippen LogP contribution in [0, 0.1) is 6.92 Å². The summed E-state index contributed by atoms with van der Waals surface area (Å²) in [7, 11) is 0. The summed E-state index contributed by atoms with van der Waals surface area (Å²) in [4.78, 5) is 25.8. The molecule has 0 amide bonds. The summed E-state index contributed by atoms with van der Waals surface area (Å²) in [6, 6.07) is 10.1. The van der Waals surface area contributed by atoms with Gasteiger partial charge in [-0.15, -0.1) is 0 Å². The van der Waals surface area contributed by atoms with Gasteiger partial charge < -0.3 is 9.84 Å². The predicted octanol–water partition coefficient (Wildman–Crippen LogP) is 1.43. The average Bonchev–Trinajstić information content (AvgIpc) is 3.00. The van der Waals surface area contributed by atoms with Crippen molar-refractivity contribution in [2.45, 2.75) is 36.7 Å². The third kappa shape index (κ3) is 3.63. The lowest BCUT2D eigenvalue weighted by molar-refractivity contribution is -0.0238. The SMILES string of the molecule is Cc1cn([C@H]2C[C@H](SCc3ccccc3)[C@@H](CO)O2)c(=O)[nH]c1=O. The number of aliphatic hydroxyl groups excluding tert-OH is 1. The first-order valence-corrected chi connectivity index (χ1v) is 8.87. The summed E-state index contributed by atoms with van der Waals surface area (Å²) in [6.45, 7) is 1.55. The number of aromatic nitrogens is 2. The van der Waals surface area contributed by atoms with E-state index in [1.54, 1.807) is 18.7 Å². The summed E-state index contributed by atoms with van der Waals surface area (Å²) in [6.07, 6.45) is 1.32. The zero-order valence-corrected chi connectivity index (χ0v) is 14.2. The molecule has 0 radical (unpaired) electrons. The van der Waals surface area contributed by atoms with Crippen molar-refractivity contribution in [3.05, 3.63) is 68.5 Å². The van der Waals surface area contributed by atoms with Gasteiger partial charge in [0, 0.05) is 29.2 Å². The summed E-state index contributed by atoms with van der Waals surface area (Å²) >= 11 is 1.71. The fourth-order valence-corrected chi connectivity index (χ4v) is 4.05. The molecule has 0 unspecified atom stereocenters. The first kappa shape index (κ1) is 17.0. The molecule has 2 N–H and O–H groups in total. The Morgan fingerprint density at radius 2 is 2.08 bits per heavy atom. The molecular formula is C17H20N2O4S. The molecule has 128 valence electrons. The van der Waals surface area contributed by atoms with Gasteiger partial charge in [-0.1, -0.05) is 30.3 Å². The predicted molar refractivity (Wildman–Crippen MR) is 93.2 cm³/mol. The third-order valence-corrected chi connectivity index (χ3v) is 5.55. The summed E-state index contributed by atoms with van der Waals surface area (Å²) in [5, 5.41) is 9.67. The molecule has 1 saturated heterocycles. The van der Waals surface area contributed by atoms with Crippen LogP contribution in [0.5, 0.6) is 0 Å². The van der Waals surface area contributed by atoms with Crippen LogP contribution in [0.1, 0.15) is 23.8 Å². The van der Waals surface area contributed by atoms with Gasteiger partial charge in [0.25, 0.3) is 5.56 Å². The van der Waals surface area contributed by atoms with Gasteiger partial charge in [0.15, 0.2) is 0 Å². The Morgan fingerprint density at radius 1 is 1.33 bits per heavy atom. The number of rotatable bonds is 5. The molecule has 0 spiro atoms. The molecule has 0 saturated carbocycles. The molecule has 2 heterocycles. The van der Waals surface area contributed by atoms with Crippen LogP contribution < -0.4 is 11.2 Å². The molecule has 3 atom stereocenters. The highest BCUT2D eigenvalue weighted by molar-refractivity contribution is 7.99. The minimum atomic E-state index is -0.485. The van der Waals surface area contributed by atoms with E-state index in [0.717, 1.165) is 5.75 Å². The minimum Gasteiger partial charge on any atom is -0.394 e. The molecule has 1 aliphatic heterocycles. The van der Waals surface area contributed by atoms with Crippen LogP contribution in [0.4, 0.5) is 0 Å². The van der Waals surface area contributed by atoms with E-state index in [9.17, 15) is 14.7 Å². The minimum absolute atomic E-state index is 0.0827. The molecule has 1 aliphatic rings. The summed E-state index contributed by atoms with van der Waals surface area (Å²) < 4.78 is 7.25. The van der Waals surface area contributed by atoms with Gasteiger partial charge in [0.1, 0.15) is 6.23 Å². The number of hydrogen-bond donors (Lipinski definition) is 2. The standard InChI is InChI=1S/C17H20N2O4S/c1-11-8-19(17(22)18-16(11)21)15-7-14(13(9-20)23-15)24-10-12-5-3-2-4-6-12/h2-6,8,13-15,20H,7,9-10H2,1H3,(H,18,21,22)/t13-,14+,15-/m1/s1. The highest BCUT2D eigenvalue weighted by Gasteiger charge is 2.36. The molecule has 6 nitrogen and oxygen atoms in total. The van der Waals surface area contributed by atoms with Crippen LogP contribution in [0.2, 0.25) is 0 Å². The number of hydrogen-bond acceptors (Lipinski definition) is 5. The Morgan fingerprint density at radius 3 is 2.79 bits per heavy atom. The number of ether oxygens (including phenoxy) is 1. The molecule has 0 aliphatic carbocycles. The maximum absolute atomic E-state index is 12.0. The van der Waals surface area contributed by atoms with E-state index in [2.05, 4.69) is 17.1 Å². The van der Waals surface area contributed by atoms with Crippen molar-refractivity contribution in [1.29, 1.82) is 0 Å². The van der Waals surface area contributed by atoms with Crippen molar-refractivity contribution in [2.75, 3.05) is 6.61 Å². The number of thioether (sulfide) groups is 1. The van der Waals surface area contributed by atoms with E-state index < -0.39 is 11.9 Å². The Labute approximate surface area is 143 Å². The van der Waals surface area contributed by atoms with Crippen molar-refractivity contribution in [3.63, 3.8) is 0 Å². The van der Waals surface area contributed by atoms with Crippen LogP contribution in [-0.2, 0) is 10.5 Å². The maximum Gasteiger partial charge on any atom is 0.330 e. The van der Waals surface area contributed by atoms with Crippen LogP contribution in [0.3, 0.4) is 0 Å². The molecule has 7 heteroatoms. The van der Waals surface area contributed by atoms with E-state index in [4.69, 9.17) is 4.74 Å². The second kappa shape index (κ2) is 7.38. The van der Waals surface area contributed by atoms with Gasteiger partial charge in [0.05, 0.1) is 12.7 Å². The van der Waals surface area contributed by atoms with Gasteiger partial charge in [-0.25, -0.2) is 4.79 Å². The van der Waals surface area contributed by atoms with Gasteiger partial charge in [0.2, 0.25) is 0 Å². The molecular weight excluding hydrogens is 328 g/mol. The summed E-state index contributed by atoms with van der Waals surface area (Å²) in [5.41, 5.74) is 0.794. The average molecular weight is 348 g/mol. The second-order valence-corrected chi connectivity index (χ2v) is 7.09. The van der Waals surface area contributed by atoms with Gasteiger partial charge in [-0.3, -0.25) is 14.3 Å². The molecule has 1 fully saturated rings. The van der Waals surface area contributed by atoms with E-state index in [1.807, 2.05) is 18.2 Å². The fraction of sp³-hybridized carbons (Fsp3) is 0.412. The molecule has 1 aromatic carbocycles. The number of nitrogens with one attached hydrogen (secondary N) is 1. The number of aryl methyl sites for hydroxylation is 1. The monoisotopic (exact) mass is 348 g/mol. The highest BCUT2D eigenvalue weighted by atomic mass is 32.2. The number of aliphatic hydroxyl groups is 1. The largest absolute Gasteiger partial charge is 0.394 e. The Hall–Kier alpha value is -1.83. The topological polar surface area (TPSA) is 84.3 Å². The smallest absolute Gasteiger partial charge is 0.330 e. The van der Waals surface area contributed by atoms with Crippen molar-refractivity contribution in [2.24, 2.45) is 0 Å². The van der Waals surface area contributed by atoms with Crippen LogP contribution in [-0.4, -0.2) is 32.6 Å². The van der Waals surface area contributed by atoms with Gasteiger partial charge >= 0.3 is 5.69 Å².